The van der Waals surface area contributed by atoms with Gasteiger partial charge in [-0.2, -0.15) is 0 Å². The van der Waals surface area contributed by atoms with Crippen molar-refractivity contribution in [3.63, 3.8) is 0 Å². The van der Waals surface area contributed by atoms with Gasteiger partial charge in [-0.1, -0.05) is 0 Å². The zero-order valence-corrected chi connectivity index (χ0v) is 13.1. The Kier molecular flexibility index (Phi) is 4.15. The average molecular weight is 300 g/mol. The molecule has 0 spiro atoms. The molecule has 0 unspecified atom stereocenters. The maximum atomic E-state index is 5.92. The van der Waals surface area contributed by atoms with Gasteiger partial charge in [0, 0.05) is 39.2 Å². The molecule has 116 valence electrons. The summed E-state index contributed by atoms with van der Waals surface area (Å²) < 4.78 is 5.92. The van der Waals surface area contributed by atoms with Crippen molar-refractivity contribution >= 4 is 11.6 Å². The minimum absolute atomic E-state index is 0.116. The third-order valence-electron chi connectivity index (χ3n) is 3.59. The van der Waals surface area contributed by atoms with Gasteiger partial charge in [0.25, 0.3) is 0 Å². The molecule has 1 aliphatic rings. The lowest BCUT2D eigenvalue weighted by Crippen LogP contribution is -2.39. The molecule has 1 atom stereocenters. The van der Waals surface area contributed by atoms with E-state index in [-0.39, 0.29) is 6.10 Å². The van der Waals surface area contributed by atoms with Gasteiger partial charge in [-0.05, 0) is 13.0 Å². The quantitative estimate of drug-likeness (QED) is 0.844. The lowest BCUT2D eigenvalue weighted by atomic mass is 10.2. The Labute approximate surface area is 130 Å². The summed E-state index contributed by atoms with van der Waals surface area (Å²) >= 11 is 0. The molecule has 0 aromatic carbocycles. The van der Waals surface area contributed by atoms with Crippen molar-refractivity contribution in [1.82, 2.24) is 19.9 Å². The summed E-state index contributed by atoms with van der Waals surface area (Å²) in [5, 5.41) is 0. The normalized spacial score (nSPS) is 18.3. The van der Waals surface area contributed by atoms with E-state index < -0.39 is 0 Å². The van der Waals surface area contributed by atoms with Gasteiger partial charge in [0.05, 0.1) is 13.2 Å². The van der Waals surface area contributed by atoms with Gasteiger partial charge in [0.15, 0.2) is 5.82 Å². The van der Waals surface area contributed by atoms with Crippen LogP contribution in [0.4, 0.5) is 11.6 Å². The highest BCUT2D eigenvalue weighted by Gasteiger charge is 2.27. The summed E-state index contributed by atoms with van der Waals surface area (Å²) in [5.41, 5.74) is 0.864. The topological polar surface area (TPSA) is 67.3 Å². The monoisotopic (exact) mass is 300 g/mol. The van der Waals surface area contributed by atoms with E-state index in [4.69, 9.17) is 4.74 Å². The minimum atomic E-state index is -0.116. The number of nitrogens with zero attached hydrogens (tertiary/aromatic N) is 6. The van der Waals surface area contributed by atoms with Crippen LogP contribution in [-0.2, 0) is 4.74 Å². The Morgan fingerprint density at radius 3 is 2.77 bits per heavy atom. The molecule has 2 aromatic heterocycles. The molecule has 22 heavy (non-hydrogen) atoms. The van der Waals surface area contributed by atoms with Crippen LogP contribution in [0.1, 0.15) is 17.6 Å². The predicted octanol–water partition coefficient (Wildman–Crippen LogP) is 1.22. The van der Waals surface area contributed by atoms with Crippen molar-refractivity contribution in [2.45, 2.75) is 13.0 Å². The number of aryl methyl sites for hydroxylation is 1. The molecule has 1 aliphatic heterocycles. The Bertz CT molecular complexity index is 647. The second-order valence-corrected chi connectivity index (χ2v) is 5.43. The van der Waals surface area contributed by atoms with Crippen LogP contribution in [0.25, 0.3) is 0 Å². The van der Waals surface area contributed by atoms with Crippen molar-refractivity contribution < 1.29 is 4.74 Å². The smallest absolute Gasteiger partial charge is 0.152 e. The molecular weight excluding hydrogens is 280 g/mol. The first-order chi connectivity index (χ1) is 10.6. The van der Waals surface area contributed by atoms with E-state index in [9.17, 15) is 0 Å². The van der Waals surface area contributed by atoms with E-state index >= 15 is 0 Å². The summed E-state index contributed by atoms with van der Waals surface area (Å²) in [6, 6.07) is 1.93. The Morgan fingerprint density at radius 2 is 2.00 bits per heavy atom. The molecule has 2 aromatic rings. The van der Waals surface area contributed by atoms with Crippen molar-refractivity contribution in [2.24, 2.45) is 0 Å². The molecule has 0 saturated carbocycles. The zero-order valence-electron chi connectivity index (χ0n) is 13.1. The molecule has 1 saturated heterocycles. The first-order valence-electron chi connectivity index (χ1n) is 7.29. The molecule has 0 radical (unpaired) electrons. The second-order valence-electron chi connectivity index (χ2n) is 5.43. The molecule has 7 nitrogen and oxygen atoms in total. The SMILES string of the molecule is Cc1nccc(N2CCO[C@@H](c3nccnc3N(C)C)C2)n1. The van der Waals surface area contributed by atoms with Gasteiger partial charge in [0.1, 0.15) is 23.4 Å². The average Bonchev–Trinajstić information content (AvgIpc) is 2.55. The minimum Gasteiger partial charge on any atom is -0.368 e. The third-order valence-corrected chi connectivity index (χ3v) is 3.59. The maximum Gasteiger partial charge on any atom is 0.152 e. The number of rotatable bonds is 3. The third kappa shape index (κ3) is 2.99. The van der Waals surface area contributed by atoms with Crippen molar-refractivity contribution in [1.29, 1.82) is 0 Å². The summed E-state index contributed by atoms with van der Waals surface area (Å²) in [7, 11) is 3.92. The number of hydrogen-bond acceptors (Lipinski definition) is 7. The first kappa shape index (κ1) is 14.6. The van der Waals surface area contributed by atoms with Gasteiger partial charge in [-0.15, -0.1) is 0 Å². The molecule has 0 aliphatic carbocycles. The van der Waals surface area contributed by atoms with Crippen LogP contribution in [0, 0.1) is 6.92 Å². The van der Waals surface area contributed by atoms with Crippen LogP contribution < -0.4 is 9.80 Å². The van der Waals surface area contributed by atoms with E-state index in [1.54, 1.807) is 18.6 Å². The standard InChI is InChI=1S/C15H20N6O/c1-11-16-5-4-13(19-11)21-8-9-22-12(10-21)14-15(20(2)3)18-7-6-17-14/h4-7,12H,8-10H2,1-3H3/t12-/m1/s1. The number of morpholine rings is 1. The molecular formula is C15H20N6O. The van der Waals surface area contributed by atoms with Crippen LogP contribution in [0.5, 0.6) is 0 Å². The van der Waals surface area contributed by atoms with Gasteiger partial charge in [-0.25, -0.2) is 15.0 Å². The lowest BCUT2D eigenvalue weighted by molar-refractivity contribution is 0.0369. The highest BCUT2D eigenvalue weighted by Crippen LogP contribution is 2.28. The summed E-state index contributed by atoms with van der Waals surface area (Å²) in [4.78, 5) is 21.7. The van der Waals surface area contributed by atoms with E-state index in [0.717, 1.165) is 29.7 Å². The van der Waals surface area contributed by atoms with Crippen LogP contribution >= 0.6 is 0 Å². The molecule has 1 fully saturated rings. The molecule has 0 bridgehead atoms. The van der Waals surface area contributed by atoms with Gasteiger partial charge >= 0.3 is 0 Å². The summed E-state index contributed by atoms with van der Waals surface area (Å²) in [6.45, 7) is 4.05. The fraction of sp³-hybridized carbons (Fsp3) is 0.467. The first-order valence-corrected chi connectivity index (χ1v) is 7.29. The van der Waals surface area contributed by atoms with Crippen LogP contribution in [0.2, 0.25) is 0 Å². The maximum absolute atomic E-state index is 5.92. The second kappa shape index (κ2) is 6.23. The number of ether oxygens (including phenoxy) is 1. The van der Waals surface area contributed by atoms with Crippen LogP contribution in [-0.4, -0.2) is 53.7 Å². The fourth-order valence-corrected chi connectivity index (χ4v) is 2.56. The summed E-state index contributed by atoms with van der Waals surface area (Å²) in [6.07, 6.45) is 5.08. The molecule has 7 heteroatoms. The largest absolute Gasteiger partial charge is 0.368 e. The lowest BCUT2D eigenvalue weighted by Gasteiger charge is -2.34. The van der Waals surface area contributed by atoms with E-state index in [0.29, 0.717) is 13.2 Å². The zero-order chi connectivity index (χ0) is 15.5. The number of hydrogen-bond donors (Lipinski definition) is 0. The summed E-state index contributed by atoms with van der Waals surface area (Å²) in [5.74, 6) is 2.54. The van der Waals surface area contributed by atoms with Gasteiger partial charge in [-0.3, -0.25) is 4.98 Å². The highest BCUT2D eigenvalue weighted by atomic mass is 16.5. The van der Waals surface area contributed by atoms with Gasteiger partial charge < -0.3 is 14.5 Å². The molecule has 0 N–H and O–H groups in total. The number of aromatic nitrogens is 4. The Hall–Kier alpha value is -2.28. The van der Waals surface area contributed by atoms with E-state index in [2.05, 4.69) is 24.8 Å². The Morgan fingerprint density at radius 1 is 1.18 bits per heavy atom. The van der Waals surface area contributed by atoms with Crippen LogP contribution in [0.3, 0.4) is 0 Å². The fourth-order valence-electron chi connectivity index (χ4n) is 2.56. The molecule has 0 amide bonds. The van der Waals surface area contributed by atoms with Crippen molar-refractivity contribution in [2.75, 3.05) is 43.6 Å². The van der Waals surface area contributed by atoms with E-state index in [1.807, 2.05) is 32.0 Å². The Balaban J connectivity index is 1.85. The van der Waals surface area contributed by atoms with Crippen molar-refractivity contribution in [3.05, 3.63) is 36.2 Å². The molecule has 3 heterocycles. The molecule has 3 rings (SSSR count). The van der Waals surface area contributed by atoms with Gasteiger partial charge in [0.2, 0.25) is 0 Å². The number of anilines is 2. The highest BCUT2D eigenvalue weighted by molar-refractivity contribution is 5.45. The van der Waals surface area contributed by atoms with Crippen molar-refractivity contribution in [3.8, 4) is 0 Å². The predicted molar refractivity (Wildman–Crippen MR) is 84.0 cm³/mol. The van der Waals surface area contributed by atoms with Crippen LogP contribution in [0.15, 0.2) is 24.7 Å². The van der Waals surface area contributed by atoms with E-state index in [1.165, 1.54) is 0 Å².